The minimum Gasteiger partial charge on any atom is -0.350 e. The molecule has 18 heavy (non-hydrogen) atoms. The number of carbonyl (C=O) groups is 1. The Labute approximate surface area is 118 Å². The first-order valence-corrected chi connectivity index (χ1v) is 7.16. The van der Waals surface area contributed by atoms with E-state index in [4.69, 9.17) is 5.73 Å². The van der Waals surface area contributed by atoms with Crippen molar-refractivity contribution in [3.8, 4) is 0 Å². The van der Waals surface area contributed by atoms with Gasteiger partial charge in [-0.15, -0.1) is 11.3 Å². The summed E-state index contributed by atoms with van der Waals surface area (Å²) in [6.45, 7) is 0.498. The van der Waals surface area contributed by atoms with E-state index in [0.29, 0.717) is 6.54 Å². The molecule has 0 aliphatic carbocycles. The van der Waals surface area contributed by atoms with Crippen LogP contribution in [0.5, 0.6) is 0 Å². The minimum atomic E-state index is -0.620. The topological polar surface area (TPSA) is 55.1 Å². The van der Waals surface area contributed by atoms with E-state index in [1.54, 1.807) is 11.3 Å². The third kappa shape index (κ3) is 3.19. The largest absolute Gasteiger partial charge is 0.350 e. The molecule has 0 saturated carbocycles. The van der Waals surface area contributed by atoms with Crippen LogP contribution in [0.3, 0.4) is 0 Å². The van der Waals surface area contributed by atoms with Crippen molar-refractivity contribution >= 4 is 33.2 Å². The van der Waals surface area contributed by atoms with Gasteiger partial charge in [0.2, 0.25) is 5.91 Å². The first kappa shape index (κ1) is 13.3. The Kier molecular flexibility index (Phi) is 4.52. The normalized spacial score (nSPS) is 12.1. The summed E-state index contributed by atoms with van der Waals surface area (Å²) >= 11 is 5.02. The zero-order valence-electron chi connectivity index (χ0n) is 9.60. The van der Waals surface area contributed by atoms with Gasteiger partial charge in [0.05, 0.1) is 6.54 Å². The summed E-state index contributed by atoms with van der Waals surface area (Å²) in [5, 5.41) is 4.82. The molecule has 0 radical (unpaired) electrons. The summed E-state index contributed by atoms with van der Waals surface area (Å²) in [5.41, 5.74) is 6.72. The van der Waals surface area contributed by atoms with Gasteiger partial charge in [0, 0.05) is 9.35 Å². The van der Waals surface area contributed by atoms with Crippen molar-refractivity contribution in [3.05, 3.63) is 56.7 Å². The van der Waals surface area contributed by atoms with Crippen LogP contribution in [-0.4, -0.2) is 5.91 Å². The zero-order chi connectivity index (χ0) is 13.0. The Hall–Kier alpha value is -1.17. The molecule has 0 saturated heterocycles. The van der Waals surface area contributed by atoms with Crippen LogP contribution in [0.4, 0.5) is 0 Å². The van der Waals surface area contributed by atoms with Gasteiger partial charge >= 0.3 is 0 Å². The second-order valence-electron chi connectivity index (χ2n) is 3.80. The van der Waals surface area contributed by atoms with E-state index in [-0.39, 0.29) is 5.91 Å². The predicted octanol–water partition coefficient (Wildman–Crippen LogP) is 2.83. The van der Waals surface area contributed by atoms with Gasteiger partial charge in [-0.1, -0.05) is 30.3 Å². The lowest BCUT2D eigenvalue weighted by Crippen LogP contribution is -2.33. The van der Waals surface area contributed by atoms with E-state index in [2.05, 4.69) is 21.2 Å². The summed E-state index contributed by atoms with van der Waals surface area (Å²) in [6.07, 6.45) is 0. The lowest BCUT2D eigenvalue weighted by atomic mass is 10.1. The maximum atomic E-state index is 11.9. The number of nitrogens with one attached hydrogen (secondary N) is 1. The molecule has 5 heteroatoms. The van der Waals surface area contributed by atoms with Gasteiger partial charge < -0.3 is 11.1 Å². The Bertz CT molecular complexity index is 527. The number of carbonyl (C=O) groups excluding carboxylic acids is 1. The Morgan fingerprint density at radius 2 is 2.06 bits per heavy atom. The van der Waals surface area contributed by atoms with Gasteiger partial charge in [-0.2, -0.15) is 0 Å². The maximum Gasteiger partial charge on any atom is 0.241 e. The number of thiophene rings is 1. The predicted molar refractivity (Wildman–Crippen MR) is 77.2 cm³/mol. The fraction of sp³-hybridized carbons (Fsp3) is 0.154. The summed E-state index contributed by atoms with van der Waals surface area (Å²) in [5.74, 6) is -0.165. The van der Waals surface area contributed by atoms with Gasteiger partial charge in [0.1, 0.15) is 6.04 Å². The van der Waals surface area contributed by atoms with Crippen molar-refractivity contribution in [2.24, 2.45) is 5.73 Å². The third-order valence-corrected chi connectivity index (χ3v) is 4.48. The quantitative estimate of drug-likeness (QED) is 0.908. The standard InChI is InChI=1S/C13H13BrN2OS/c14-10-6-7-18-11(10)8-16-13(17)12(15)9-4-2-1-3-5-9/h1-7,12H,8,15H2,(H,16,17). The van der Waals surface area contributed by atoms with Gasteiger partial charge in [-0.05, 0) is 32.9 Å². The van der Waals surface area contributed by atoms with E-state index < -0.39 is 6.04 Å². The lowest BCUT2D eigenvalue weighted by molar-refractivity contribution is -0.122. The molecule has 0 aliphatic heterocycles. The first-order chi connectivity index (χ1) is 8.68. The maximum absolute atomic E-state index is 11.9. The molecular formula is C13H13BrN2OS. The Balaban J connectivity index is 1.95. The Morgan fingerprint density at radius 3 is 2.67 bits per heavy atom. The molecule has 3 N–H and O–H groups in total. The van der Waals surface area contributed by atoms with Crippen LogP contribution in [-0.2, 0) is 11.3 Å². The highest BCUT2D eigenvalue weighted by Crippen LogP contribution is 2.22. The number of hydrogen-bond donors (Lipinski definition) is 2. The van der Waals surface area contributed by atoms with Crippen molar-refractivity contribution in [3.63, 3.8) is 0 Å². The first-order valence-electron chi connectivity index (χ1n) is 5.48. The van der Waals surface area contributed by atoms with Gasteiger partial charge in [-0.3, -0.25) is 4.79 Å². The molecule has 2 rings (SSSR count). The van der Waals surface area contributed by atoms with E-state index in [9.17, 15) is 4.79 Å². The van der Waals surface area contributed by atoms with E-state index >= 15 is 0 Å². The number of hydrogen-bond acceptors (Lipinski definition) is 3. The average molecular weight is 325 g/mol. The van der Waals surface area contributed by atoms with Crippen molar-refractivity contribution in [1.29, 1.82) is 0 Å². The molecule has 3 nitrogen and oxygen atoms in total. The molecule has 1 heterocycles. The number of rotatable bonds is 4. The highest BCUT2D eigenvalue weighted by molar-refractivity contribution is 9.10. The smallest absolute Gasteiger partial charge is 0.241 e. The number of benzene rings is 1. The van der Waals surface area contributed by atoms with Crippen LogP contribution in [0, 0.1) is 0 Å². The van der Waals surface area contributed by atoms with Crippen molar-refractivity contribution in [1.82, 2.24) is 5.32 Å². The third-order valence-electron chi connectivity index (χ3n) is 2.56. The molecule has 0 fully saturated rings. The van der Waals surface area contributed by atoms with Gasteiger partial charge in [0.15, 0.2) is 0 Å². The highest BCUT2D eigenvalue weighted by atomic mass is 79.9. The molecule has 2 aromatic rings. The van der Waals surface area contributed by atoms with Crippen molar-refractivity contribution in [2.45, 2.75) is 12.6 Å². The molecule has 1 unspecified atom stereocenters. The second kappa shape index (κ2) is 6.13. The summed E-state index contributed by atoms with van der Waals surface area (Å²) in [4.78, 5) is 13.0. The summed E-state index contributed by atoms with van der Waals surface area (Å²) in [7, 11) is 0. The van der Waals surface area contributed by atoms with Crippen LogP contribution < -0.4 is 11.1 Å². The molecule has 1 amide bonds. The number of amides is 1. The Morgan fingerprint density at radius 1 is 1.33 bits per heavy atom. The monoisotopic (exact) mass is 324 g/mol. The number of nitrogens with two attached hydrogens (primary N) is 1. The van der Waals surface area contributed by atoms with E-state index in [0.717, 1.165) is 14.9 Å². The second-order valence-corrected chi connectivity index (χ2v) is 5.65. The zero-order valence-corrected chi connectivity index (χ0v) is 12.0. The molecular weight excluding hydrogens is 312 g/mol. The van der Waals surface area contributed by atoms with E-state index in [1.807, 2.05) is 41.8 Å². The molecule has 0 aliphatic rings. The molecule has 0 spiro atoms. The molecule has 1 atom stereocenters. The summed E-state index contributed by atoms with van der Waals surface area (Å²) in [6, 6.07) is 10.7. The van der Waals surface area contributed by atoms with Gasteiger partial charge in [0.25, 0.3) is 0 Å². The number of halogens is 1. The van der Waals surface area contributed by atoms with E-state index in [1.165, 1.54) is 0 Å². The fourth-order valence-corrected chi connectivity index (χ4v) is 2.97. The molecule has 94 valence electrons. The fourth-order valence-electron chi connectivity index (χ4n) is 1.54. The molecule has 0 bridgehead atoms. The average Bonchev–Trinajstić information content (AvgIpc) is 2.81. The van der Waals surface area contributed by atoms with Crippen LogP contribution in [0.1, 0.15) is 16.5 Å². The molecule has 1 aromatic heterocycles. The van der Waals surface area contributed by atoms with Crippen LogP contribution in [0.2, 0.25) is 0 Å². The lowest BCUT2D eigenvalue weighted by Gasteiger charge is -2.12. The SMILES string of the molecule is NC(C(=O)NCc1sccc1Br)c1ccccc1. The minimum absolute atomic E-state index is 0.165. The van der Waals surface area contributed by atoms with Gasteiger partial charge in [-0.25, -0.2) is 0 Å². The van der Waals surface area contributed by atoms with Crippen LogP contribution >= 0.6 is 27.3 Å². The summed E-state index contributed by atoms with van der Waals surface area (Å²) < 4.78 is 1.01. The van der Waals surface area contributed by atoms with Crippen molar-refractivity contribution in [2.75, 3.05) is 0 Å². The highest BCUT2D eigenvalue weighted by Gasteiger charge is 2.15. The van der Waals surface area contributed by atoms with Crippen LogP contribution in [0.25, 0.3) is 0 Å². The van der Waals surface area contributed by atoms with Crippen molar-refractivity contribution < 1.29 is 4.79 Å². The van der Waals surface area contributed by atoms with Crippen LogP contribution in [0.15, 0.2) is 46.3 Å². The molecule has 1 aromatic carbocycles.